The van der Waals surface area contributed by atoms with Crippen molar-refractivity contribution in [1.29, 1.82) is 0 Å². The molecule has 1 aromatic carbocycles. The third-order valence-electron chi connectivity index (χ3n) is 1.89. The minimum absolute atomic E-state index is 0.0521. The molecule has 0 saturated carbocycles. The number of rotatable bonds is 5. The van der Waals surface area contributed by atoms with E-state index in [1.54, 1.807) is 0 Å². The Bertz CT molecular complexity index is 221. The highest BCUT2D eigenvalue weighted by atomic mass is 16.5. The van der Waals surface area contributed by atoms with Crippen LogP contribution in [0, 0.1) is 0 Å². The van der Waals surface area contributed by atoms with Crippen LogP contribution >= 0.6 is 0 Å². The van der Waals surface area contributed by atoms with Crippen molar-refractivity contribution in [2.45, 2.75) is 19.4 Å². The molecule has 1 N–H and O–H groups in total. The Labute approximate surface area is 79.2 Å². The van der Waals surface area contributed by atoms with Gasteiger partial charge in [0.05, 0.1) is 19.3 Å². The topological polar surface area (TPSA) is 29.5 Å². The maximum Gasteiger partial charge on any atom is 0.0777 e. The quantitative estimate of drug-likeness (QED) is 0.746. The summed E-state index contributed by atoms with van der Waals surface area (Å²) in [6, 6.07) is 10.2. The smallest absolute Gasteiger partial charge is 0.0777 e. The van der Waals surface area contributed by atoms with Gasteiger partial charge in [0.15, 0.2) is 0 Å². The average Bonchev–Trinajstić information content (AvgIpc) is 2.19. The normalized spacial score (nSPS) is 12.8. The van der Waals surface area contributed by atoms with Crippen LogP contribution in [0.4, 0.5) is 0 Å². The Kier molecular flexibility index (Phi) is 4.50. The molecule has 2 heteroatoms. The van der Waals surface area contributed by atoms with Crippen LogP contribution in [0.1, 0.15) is 12.5 Å². The summed E-state index contributed by atoms with van der Waals surface area (Å²) >= 11 is 0. The first-order valence-electron chi connectivity index (χ1n) is 4.59. The summed E-state index contributed by atoms with van der Waals surface area (Å²) in [7, 11) is 0. The number of aliphatic hydroxyl groups excluding tert-OH is 1. The number of hydrogen-bond acceptors (Lipinski definition) is 2. The highest BCUT2D eigenvalue weighted by molar-refractivity contribution is 5.14. The monoisotopic (exact) mass is 180 g/mol. The van der Waals surface area contributed by atoms with Gasteiger partial charge in [-0.05, 0) is 18.9 Å². The van der Waals surface area contributed by atoms with Crippen LogP contribution in [0.25, 0.3) is 0 Å². The molecule has 0 saturated heterocycles. The zero-order valence-electron chi connectivity index (χ0n) is 7.94. The summed E-state index contributed by atoms with van der Waals surface area (Å²) in [5.41, 5.74) is 1.27. The van der Waals surface area contributed by atoms with Crippen LogP contribution < -0.4 is 0 Å². The lowest BCUT2D eigenvalue weighted by atomic mass is 10.2. The van der Waals surface area contributed by atoms with Gasteiger partial charge < -0.3 is 9.84 Å². The van der Waals surface area contributed by atoms with Gasteiger partial charge in [0.2, 0.25) is 0 Å². The van der Waals surface area contributed by atoms with E-state index in [1.807, 2.05) is 25.1 Å². The molecule has 72 valence electrons. The molecule has 0 fully saturated rings. The second-order valence-electron chi connectivity index (χ2n) is 3.10. The molecule has 0 spiro atoms. The predicted molar refractivity (Wildman–Crippen MR) is 52.6 cm³/mol. The molecule has 0 bridgehead atoms. The summed E-state index contributed by atoms with van der Waals surface area (Å²) in [5.74, 6) is 0. The molecule has 2 nitrogen and oxygen atoms in total. The summed E-state index contributed by atoms with van der Waals surface area (Å²) in [4.78, 5) is 0. The zero-order chi connectivity index (χ0) is 9.52. The Balaban J connectivity index is 2.20. The van der Waals surface area contributed by atoms with Gasteiger partial charge in [-0.3, -0.25) is 0 Å². The van der Waals surface area contributed by atoms with Crippen molar-refractivity contribution in [3.63, 3.8) is 0 Å². The Morgan fingerprint density at radius 1 is 1.31 bits per heavy atom. The van der Waals surface area contributed by atoms with E-state index >= 15 is 0 Å². The molecule has 0 aromatic heterocycles. The molecule has 0 aliphatic rings. The third kappa shape index (κ3) is 4.06. The van der Waals surface area contributed by atoms with Gasteiger partial charge in [0.1, 0.15) is 0 Å². The molecular weight excluding hydrogens is 164 g/mol. The van der Waals surface area contributed by atoms with Gasteiger partial charge in [-0.25, -0.2) is 0 Å². The first-order valence-corrected chi connectivity index (χ1v) is 4.59. The minimum Gasteiger partial charge on any atom is -0.394 e. The lowest BCUT2D eigenvalue weighted by Crippen LogP contribution is -2.14. The lowest BCUT2D eigenvalue weighted by molar-refractivity contribution is 0.0267. The highest BCUT2D eigenvalue weighted by Crippen LogP contribution is 2.00. The van der Waals surface area contributed by atoms with Crippen molar-refractivity contribution in [1.82, 2.24) is 0 Å². The van der Waals surface area contributed by atoms with E-state index in [-0.39, 0.29) is 12.7 Å². The van der Waals surface area contributed by atoms with Gasteiger partial charge >= 0.3 is 0 Å². The summed E-state index contributed by atoms with van der Waals surface area (Å²) in [5, 5.41) is 8.71. The molecular formula is C11H16O2. The first-order chi connectivity index (χ1) is 6.33. The number of ether oxygens (including phenoxy) is 1. The third-order valence-corrected chi connectivity index (χ3v) is 1.89. The summed E-state index contributed by atoms with van der Waals surface area (Å²) in [6.07, 6.45) is 0.856. The van der Waals surface area contributed by atoms with Crippen LogP contribution in [-0.2, 0) is 11.2 Å². The Hall–Kier alpha value is -0.860. The van der Waals surface area contributed by atoms with Crippen molar-refractivity contribution in [3.8, 4) is 0 Å². The zero-order valence-corrected chi connectivity index (χ0v) is 7.94. The van der Waals surface area contributed by atoms with Gasteiger partial charge in [-0.2, -0.15) is 0 Å². The van der Waals surface area contributed by atoms with Crippen LogP contribution in [0.5, 0.6) is 0 Å². The fraction of sp³-hybridized carbons (Fsp3) is 0.455. The van der Waals surface area contributed by atoms with Gasteiger partial charge in [-0.1, -0.05) is 30.3 Å². The van der Waals surface area contributed by atoms with Gasteiger partial charge in [0, 0.05) is 0 Å². The first kappa shape index (κ1) is 10.2. The van der Waals surface area contributed by atoms with Crippen molar-refractivity contribution < 1.29 is 9.84 Å². The molecule has 0 amide bonds. The highest BCUT2D eigenvalue weighted by Gasteiger charge is 1.98. The number of aliphatic hydroxyl groups is 1. The van der Waals surface area contributed by atoms with E-state index in [4.69, 9.17) is 9.84 Å². The van der Waals surface area contributed by atoms with Crippen LogP contribution in [-0.4, -0.2) is 24.4 Å². The molecule has 1 atom stereocenters. The van der Waals surface area contributed by atoms with Crippen LogP contribution in [0.2, 0.25) is 0 Å². The molecule has 1 unspecified atom stereocenters. The fourth-order valence-corrected chi connectivity index (χ4v) is 1.08. The van der Waals surface area contributed by atoms with E-state index < -0.39 is 0 Å². The van der Waals surface area contributed by atoms with Gasteiger partial charge in [0.25, 0.3) is 0 Å². The fourth-order valence-electron chi connectivity index (χ4n) is 1.08. The Morgan fingerprint density at radius 2 is 2.00 bits per heavy atom. The second kappa shape index (κ2) is 5.73. The Morgan fingerprint density at radius 3 is 2.62 bits per heavy atom. The predicted octanol–water partition coefficient (Wildman–Crippen LogP) is 1.63. The summed E-state index contributed by atoms with van der Waals surface area (Å²) < 4.78 is 5.35. The molecule has 0 radical (unpaired) electrons. The van der Waals surface area contributed by atoms with Crippen molar-refractivity contribution >= 4 is 0 Å². The summed E-state index contributed by atoms with van der Waals surface area (Å²) in [6.45, 7) is 2.63. The lowest BCUT2D eigenvalue weighted by Gasteiger charge is -2.09. The van der Waals surface area contributed by atoms with Crippen molar-refractivity contribution in [2.75, 3.05) is 13.2 Å². The molecule has 0 aliphatic heterocycles. The van der Waals surface area contributed by atoms with Crippen LogP contribution in [0.3, 0.4) is 0 Å². The standard InChI is InChI=1S/C11H16O2/c1-10(9-12)13-8-7-11-5-3-2-4-6-11/h2-6,10,12H,7-9H2,1H3. The molecule has 13 heavy (non-hydrogen) atoms. The van der Waals surface area contributed by atoms with E-state index in [0.717, 1.165) is 6.42 Å². The van der Waals surface area contributed by atoms with Gasteiger partial charge in [-0.15, -0.1) is 0 Å². The van der Waals surface area contributed by atoms with E-state index in [1.165, 1.54) is 5.56 Å². The van der Waals surface area contributed by atoms with E-state index in [9.17, 15) is 0 Å². The second-order valence-corrected chi connectivity index (χ2v) is 3.10. The van der Waals surface area contributed by atoms with Crippen molar-refractivity contribution in [3.05, 3.63) is 35.9 Å². The van der Waals surface area contributed by atoms with Crippen LogP contribution in [0.15, 0.2) is 30.3 Å². The average molecular weight is 180 g/mol. The van der Waals surface area contributed by atoms with E-state index in [0.29, 0.717) is 6.61 Å². The number of benzene rings is 1. The maximum absolute atomic E-state index is 8.71. The van der Waals surface area contributed by atoms with E-state index in [2.05, 4.69) is 12.1 Å². The number of hydrogen-bond donors (Lipinski definition) is 1. The molecule has 1 rings (SSSR count). The molecule has 0 aliphatic carbocycles. The SMILES string of the molecule is CC(CO)OCCc1ccccc1. The maximum atomic E-state index is 8.71. The van der Waals surface area contributed by atoms with Crippen molar-refractivity contribution in [2.24, 2.45) is 0 Å². The minimum atomic E-state index is -0.0521. The molecule has 1 aromatic rings. The molecule has 0 heterocycles. The largest absolute Gasteiger partial charge is 0.394 e.